The van der Waals surface area contributed by atoms with E-state index in [9.17, 15) is 14.4 Å². The van der Waals surface area contributed by atoms with Gasteiger partial charge in [-0.1, -0.05) is 26.0 Å². The molecule has 1 aromatic rings. The van der Waals surface area contributed by atoms with Gasteiger partial charge in [-0.15, -0.1) is 11.8 Å². The van der Waals surface area contributed by atoms with Crippen LogP contribution in [0.4, 0.5) is 5.69 Å². The lowest BCUT2D eigenvalue weighted by Crippen LogP contribution is -2.53. The fourth-order valence-electron chi connectivity index (χ4n) is 2.55. The van der Waals surface area contributed by atoms with Gasteiger partial charge in [0.15, 0.2) is 0 Å². The predicted molar refractivity (Wildman–Crippen MR) is 94.1 cm³/mol. The first-order valence-electron chi connectivity index (χ1n) is 7.95. The van der Waals surface area contributed by atoms with E-state index in [0.29, 0.717) is 24.3 Å². The van der Waals surface area contributed by atoms with Gasteiger partial charge >= 0.3 is 0 Å². The fraction of sp³-hybridized carbons (Fsp3) is 0.471. The number of ether oxygens (including phenoxy) is 1. The van der Waals surface area contributed by atoms with Crippen molar-refractivity contribution < 1.29 is 19.1 Å². The maximum atomic E-state index is 12.4. The molecule has 0 aromatic heterocycles. The van der Waals surface area contributed by atoms with E-state index in [1.165, 1.54) is 18.9 Å². The molecule has 1 aliphatic heterocycles. The Balaban J connectivity index is 2.11. The minimum Gasteiger partial charge on any atom is -0.495 e. The highest BCUT2D eigenvalue weighted by molar-refractivity contribution is 8.02. The van der Waals surface area contributed by atoms with Crippen LogP contribution in [0.3, 0.4) is 0 Å². The van der Waals surface area contributed by atoms with Crippen LogP contribution in [0.1, 0.15) is 26.7 Å². The van der Waals surface area contributed by atoms with Crippen LogP contribution in [0.15, 0.2) is 24.3 Å². The van der Waals surface area contributed by atoms with E-state index in [-0.39, 0.29) is 28.9 Å². The van der Waals surface area contributed by atoms with Crippen molar-refractivity contribution in [2.24, 2.45) is 0 Å². The van der Waals surface area contributed by atoms with E-state index in [4.69, 9.17) is 4.74 Å². The zero-order valence-corrected chi connectivity index (χ0v) is 14.9. The zero-order chi connectivity index (χ0) is 17.7. The van der Waals surface area contributed by atoms with E-state index in [2.05, 4.69) is 5.32 Å². The number of nitrogens with one attached hydrogen (secondary N) is 1. The van der Waals surface area contributed by atoms with Crippen molar-refractivity contribution in [3.63, 3.8) is 0 Å². The van der Waals surface area contributed by atoms with Gasteiger partial charge in [-0.25, -0.2) is 0 Å². The molecule has 7 heteroatoms. The molecule has 3 amide bonds. The molecule has 0 unspecified atom stereocenters. The molecule has 0 radical (unpaired) electrons. The number of para-hydroxylation sites is 2. The molecule has 2 atom stereocenters. The Morgan fingerprint density at radius 1 is 1.17 bits per heavy atom. The number of benzene rings is 1. The summed E-state index contributed by atoms with van der Waals surface area (Å²) >= 11 is 1.40. The van der Waals surface area contributed by atoms with Crippen molar-refractivity contribution in [3.8, 4) is 5.75 Å². The van der Waals surface area contributed by atoms with Crippen molar-refractivity contribution in [1.29, 1.82) is 0 Å². The summed E-state index contributed by atoms with van der Waals surface area (Å²) in [4.78, 5) is 38.2. The van der Waals surface area contributed by atoms with Crippen molar-refractivity contribution in [3.05, 3.63) is 24.3 Å². The average Bonchev–Trinajstić information content (AvgIpc) is 2.59. The van der Waals surface area contributed by atoms with Crippen LogP contribution in [0.2, 0.25) is 0 Å². The molecular formula is C17H22N2O4S. The summed E-state index contributed by atoms with van der Waals surface area (Å²) in [6.07, 6.45) is 1.27. The van der Waals surface area contributed by atoms with E-state index >= 15 is 0 Å². The number of carbonyl (C=O) groups excluding carboxylic acids is 3. The van der Waals surface area contributed by atoms with E-state index < -0.39 is 5.91 Å². The van der Waals surface area contributed by atoms with Crippen molar-refractivity contribution in [2.45, 2.75) is 37.2 Å². The quantitative estimate of drug-likeness (QED) is 0.797. The Morgan fingerprint density at radius 2 is 1.75 bits per heavy atom. The van der Waals surface area contributed by atoms with E-state index in [1.54, 1.807) is 24.3 Å². The fourth-order valence-corrected chi connectivity index (χ4v) is 3.82. The first kappa shape index (κ1) is 18.3. The third-order valence-electron chi connectivity index (χ3n) is 3.84. The maximum Gasteiger partial charge on any atom is 0.244 e. The van der Waals surface area contributed by atoms with E-state index in [1.807, 2.05) is 13.8 Å². The van der Waals surface area contributed by atoms with Crippen LogP contribution in [-0.2, 0) is 14.4 Å². The van der Waals surface area contributed by atoms with Crippen LogP contribution in [0.25, 0.3) is 0 Å². The molecular weight excluding hydrogens is 328 g/mol. The van der Waals surface area contributed by atoms with Gasteiger partial charge < -0.3 is 10.1 Å². The lowest BCUT2D eigenvalue weighted by molar-refractivity contribution is -0.147. The Kier molecular flexibility index (Phi) is 6.25. The summed E-state index contributed by atoms with van der Waals surface area (Å²) in [5.41, 5.74) is 0.510. The largest absolute Gasteiger partial charge is 0.495 e. The van der Waals surface area contributed by atoms with Gasteiger partial charge in [0.2, 0.25) is 17.7 Å². The monoisotopic (exact) mass is 350 g/mol. The SMILES string of the molecule is CC[C@H]1S[C@H](CC)C(=O)N(CC(=O)Nc2ccccc2OC)C1=O. The number of methoxy groups -OCH3 is 1. The molecule has 0 saturated carbocycles. The number of thioether (sulfide) groups is 1. The number of carbonyl (C=O) groups is 3. The summed E-state index contributed by atoms with van der Waals surface area (Å²) in [5, 5.41) is 2.16. The predicted octanol–water partition coefficient (Wildman–Crippen LogP) is 2.29. The zero-order valence-electron chi connectivity index (χ0n) is 14.1. The van der Waals surface area contributed by atoms with Crippen LogP contribution in [0.5, 0.6) is 5.75 Å². The maximum absolute atomic E-state index is 12.4. The normalized spacial score (nSPS) is 20.9. The lowest BCUT2D eigenvalue weighted by atomic mass is 10.2. The standard InChI is InChI=1S/C17H22N2O4S/c1-4-13-16(21)19(17(22)14(5-2)24-13)10-15(20)18-11-8-6-7-9-12(11)23-3/h6-9,13-14H,4-5,10H2,1-3H3,(H,18,20)/t13-,14-/m1/s1. The topological polar surface area (TPSA) is 75.7 Å². The number of imide groups is 1. The number of amides is 3. The van der Waals surface area contributed by atoms with Crippen molar-refractivity contribution >= 4 is 35.2 Å². The third-order valence-corrected chi connectivity index (χ3v) is 5.56. The summed E-state index contributed by atoms with van der Waals surface area (Å²) in [7, 11) is 1.51. The highest BCUT2D eigenvalue weighted by Crippen LogP contribution is 2.31. The van der Waals surface area contributed by atoms with Gasteiger partial charge in [0.1, 0.15) is 12.3 Å². The minimum absolute atomic E-state index is 0.272. The molecule has 1 saturated heterocycles. The van der Waals surface area contributed by atoms with Crippen molar-refractivity contribution in [2.75, 3.05) is 19.0 Å². The number of hydrogen-bond acceptors (Lipinski definition) is 5. The number of hydrogen-bond donors (Lipinski definition) is 1. The van der Waals surface area contributed by atoms with Crippen LogP contribution in [-0.4, -0.2) is 46.8 Å². The van der Waals surface area contributed by atoms with E-state index in [0.717, 1.165) is 4.90 Å². The summed E-state index contributed by atoms with van der Waals surface area (Å²) in [6.45, 7) is 3.54. The van der Waals surface area contributed by atoms with Gasteiger partial charge in [0.25, 0.3) is 0 Å². The molecule has 1 fully saturated rings. The number of nitrogens with zero attached hydrogens (tertiary/aromatic N) is 1. The second-order valence-corrected chi connectivity index (χ2v) is 6.85. The molecule has 1 heterocycles. The number of rotatable bonds is 6. The molecule has 130 valence electrons. The third kappa shape index (κ3) is 3.90. The molecule has 6 nitrogen and oxygen atoms in total. The van der Waals surface area contributed by atoms with Crippen LogP contribution < -0.4 is 10.1 Å². The number of anilines is 1. The Hall–Kier alpha value is -2.02. The summed E-state index contributed by atoms with van der Waals surface area (Å²) in [5.74, 6) is -0.465. The molecule has 0 aliphatic carbocycles. The smallest absolute Gasteiger partial charge is 0.244 e. The molecule has 1 aromatic carbocycles. The first-order valence-corrected chi connectivity index (χ1v) is 8.89. The van der Waals surface area contributed by atoms with Gasteiger partial charge in [0.05, 0.1) is 23.3 Å². The molecule has 24 heavy (non-hydrogen) atoms. The Labute approximate surface area is 145 Å². The summed E-state index contributed by atoms with van der Waals surface area (Å²) in [6, 6.07) is 6.99. The molecule has 2 rings (SSSR count). The summed E-state index contributed by atoms with van der Waals surface area (Å²) < 4.78 is 5.18. The van der Waals surface area contributed by atoms with Gasteiger partial charge in [-0.3, -0.25) is 19.3 Å². The second kappa shape index (κ2) is 8.19. The highest BCUT2D eigenvalue weighted by atomic mass is 32.2. The molecule has 0 spiro atoms. The Bertz CT molecular complexity index is 613. The van der Waals surface area contributed by atoms with Crippen LogP contribution in [0, 0.1) is 0 Å². The van der Waals surface area contributed by atoms with Crippen molar-refractivity contribution in [1.82, 2.24) is 4.90 Å². The van der Waals surface area contributed by atoms with Gasteiger partial charge in [-0.2, -0.15) is 0 Å². The van der Waals surface area contributed by atoms with Gasteiger partial charge in [-0.05, 0) is 25.0 Å². The molecule has 1 aliphatic rings. The molecule has 0 bridgehead atoms. The Morgan fingerprint density at radius 3 is 2.29 bits per heavy atom. The molecule has 1 N–H and O–H groups in total. The second-order valence-electron chi connectivity index (χ2n) is 5.44. The van der Waals surface area contributed by atoms with Gasteiger partial charge in [0, 0.05) is 0 Å². The highest BCUT2D eigenvalue weighted by Gasteiger charge is 2.40. The minimum atomic E-state index is -0.419. The lowest BCUT2D eigenvalue weighted by Gasteiger charge is -2.34. The average molecular weight is 350 g/mol. The van der Waals surface area contributed by atoms with Crippen LogP contribution >= 0.6 is 11.8 Å². The first-order chi connectivity index (χ1) is 11.5.